The first-order valence-corrected chi connectivity index (χ1v) is 7.16. The van der Waals surface area contributed by atoms with Crippen LogP contribution in [0.1, 0.15) is 18.9 Å². The molecule has 0 heterocycles. The second-order valence-electron chi connectivity index (χ2n) is 4.72. The van der Waals surface area contributed by atoms with Crippen LogP contribution in [0.3, 0.4) is 0 Å². The molecule has 3 nitrogen and oxygen atoms in total. The van der Waals surface area contributed by atoms with Gasteiger partial charge in [0, 0.05) is 35.4 Å². The number of likely N-dealkylation sites (N-methyl/N-ethyl adjacent to an activating group) is 1. The standard InChI is InChI=1S/C14H23BrN2O/c1-4-7-17(9-8-16(2)3)14-6-5-13(15)10-12(14)11-18/h5-6,10,18H,4,7-9,11H2,1-3H3. The second-order valence-corrected chi connectivity index (χ2v) is 5.64. The van der Waals surface area contributed by atoms with Crippen molar-refractivity contribution in [2.24, 2.45) is 0 Å². The SMILES string of the molecule is CCCN(CCN(C)C)c1ccc(Br)cc1CO. The van der Waals surface area contributed by atoms with E-state index in [1.54, 1.807) is 0 Å². The van der Waals surface area contributed by atoms with Gasteiger partial charge in [-0.05, 0) is 38.7 Å². The Kier molecular flexibility index (Phi) is 6.68. The van der Waals surface area contributed by atoms with E-state index in [9.17, 15) is 5.11 Å². The van der Waals surface area contributed by atoms with E-state index in [1.165, 1.54) is 0 Å². The summed E-state index contributed by atoms with van der Waals surface area (Å²) in [5.74, 6) is 0. The van der Waals surface area contributed by atoms with Gasteiger partial charge in [0.1, 0.15) is 0 Å². The van der Waals surface area contributed by atoms with E-state index in [0.29, 0.717) is 0 Å². The monoisotopic (exact) mass is 314 g/mol. The molecular weight excluding hydrogens is 292 g/mol. The van der Waals surface area contributed by atoms with Crippen molar-refractivity contribution in [2.75, 3.05) is 38.6 Å². The van der Waals surface area contributed by atoms with Crippen LogP contribution >= 0.6 is 15.9 Å². The summed E-state index contributed by atoms with van der Waals surface area (Å²) in [4.78, 5) is 4.53. The molecule has 0 aromatic heterocycles. The highest BCUT2D eigenvalue weighted by molar-refractivity contribution is 9.10. The third-order valence-electron chi connectivity index (χ3n) is 2.86. The van der Waals surface area contributed by atoms with Crippen LogP contribution in [0.15, 0.2) is 22.7 Å². The smallest absolute Gasteiger partial charge is 0.0702 e. The molecule has 0 aliphatic carbocycles. The molecule has 0 bridgehead atoms. The first kappa shape index (κ1) is 15.5. The molecule has 102 valence electrons. The molecular formula is C14H23BrN2O. The van der Waals surface area contributed by atoms with Gasteiger partial charge in [-0.3, -0.25) is 0 Å². The Balaban J connectivity index is 2.89. The number of hydrogen-bond acceptors (Lipinski definition) is 3. The predicted octanol–water partition coefficient (Wildman–Crippen LogP) is 2.72. The van der Waals surface area contributed by atoms with Crippen molar-refractivity contribution in [1.29, 1.82) is 0 Å². The number of halogens is 1. The number of hydrogen-bond donors (Lipinski definition) is 1. The summed E-state index contributed by atoms with van der Waals surface area (Å²) in [6.45, 7) is 5.27. The number of aliphatic hydroxyl groups excluding tert-OH is 1. The third kappa shape index (κ3) is 4.59. The van der Waals surface area contributed by atoms with E-state index in [0.717, 1.165) is 41.8 Å². The number of rotatable bonds is 7. The van der Waals surface area contributed by atoms with E-state index in [2.05, 4.69) is 52.8 Å². The molecule has 1 aromatic rings. The van der Waals surface area contributed by atoms with Gasteiger partial charge < -0.3 is 14.9 Å². The van der Waals surface area contributed by atoms with Crippen LogP contribution in [0.4, 0.5) is 5.69 Å². The highest BCUT2D eigenvalue weighted by atomic mass is 79.9. The molecule has 0 amide bonds. The molecule has 1 rings (SSSR count). The van der Waals surface area contributed by atoms with E-state index in [1.807, 2.05) is 12.1 Å². The number of aliphatic hydroxyl groups is 1. The van der Waals surface area contributed by atoms with Crippen molar-refractivity contribution >= 4 is 21.6 Å². The van der Waals surface area contributed by atoms with Crippen LogP contribution in [0.5, 0.6) is 0 Å². The fraction of sp³-hybridized carbons (Fsp3) is 0.571. The Morgan fingerprint density at radius 3 is 2.44 bits per heavy atom. The summed E-state index contributed by atoms with van der Waals surface area (Å²) < 4.78 is 1.01. The Labute approximate surface area is 119 Å². The third-order valence-corrected chi connectivity index (χ3v) is 3.36. The lowest BCUT2D eigenvalue weighted by atomic mass is 10.1. The Morgan fingerprint density at radius 1 is 1.17 bits per heavy atom. The van der Waals surface area contributed by atoms with Crippen molar-refractivity contribution in [3.8, 4) is 0 Å². The van der Waals surface area contributed by atoms with E-state index < -0.39 is 0 Å². The predicted molar refractivity (Wildman–Crippen MR) is 81.1 cm³/mol. The normalized spacial score (nSPS) is 11.0. The van der Waals surface area contributed by atoms with Gasteiger partial charge in [-0.2, -0.15) is 0 Å². The maximum absolute atomic E-state index is 9.48. The zero-order valence-electron chi connectivity index (χ0n) is 11.5. The quantitative estimate of drug-likeness (QED) is 0.838. The zero-order chi connectivity index (χ0) is 13.5. The average molecular weight is 315 g/mol. The maximum Gasteiger partial charge on any atom is 0.0702 e. The molecule has 0 aliphatic heterocycles. The molecule has 1 N–H and O–H groups in total. The fourth-order valence-electron chi connectivity index (χ4n) is 1.93. The number of nitrogens with zero attached hydrogens (tertiary/aromatic N) is 2. The lowest BCUT2D eigenvalue weighted by molar-refractivity contribution is 0.282. The molecule has 0 radical (unpaired) electrons. The van der Waals surface area contributed by atoms with Gasteiger partial charge in [-0.1, -0.05) is 22.9 Å². The maximum atomic E-state index is 9.48. The van der Waals surface area contributed by atoms with Gasteiger partial charge in [0.25, 0.3) is 0 Å². The van der Waals surface area contributed by atoms with Crippen molar-refractivity contribution in [3.63, 3.8) is 0 Å². The first-order valence-electron chi connectivity index (χ1n) is 6.37. The summed E-state index contributed by atoms with van der Waals surface area (Å²) in [6.07, 6.45) is 1.11. The molecule has 0 saturated carbocycles. The molecule has 0 aliphatic rings. The molecule has 18 heavy (non-hydrogen) atoms. The van der Waals surface area contributed by atoms with Gasteiger partial charge in [0.05, 0.1) is 6.61 Å². The Bertz CT molecular complexity index is 369. The Hall–Kier alpha value is -0.580. The summed E-state index contributed by atoms with van der Waals surface area (Å²) in [7, 11) is 4.16. The van der Waals surface area contributed by atoms with Crippen molar-refractivity contribution in [1.82, 2.24) is 4.90 Å². The van der Waals surface area contributed by atoms with Crippen LogP contribution in [-0.2, 0) is 6.61 Å². The molecule has 0 unspecified atom stereocenters. The van der Waals surface area contributed by atoms with Gasteiger partial charge >= 0.3 is 0 Å². The van der Waals surface area contributed by atoms with E-state index >= 15 is 0 Å². The molecule has 1 aromatic carbocycles. The first-order chi connectivity index (χ1) is 8.58. The second kappa shape index (κ2) is 7.77. The lowest BCUT2D eigenvalue weighted by Gasteiger charge is -2.28. The summed E-state index contributed by atoms with van der Waals surface area (Å²) in [5.41, 5.74) is 2.13. The molecule has 0 saturated heterocycles. The Morgan fingerprint density at radius 2 is 1.89 bits per heavy atom. The summed E-state index contributed by atoms with van der Waals surface area (Å²) in [6, 6.07) is 6.11. The number of benzene rings is 1. The lowest BCUT2D eigenvalue weighted by Crippen LogP contribution is -2.33. The molecule has 0 spiro atoms. The van der Waals surface area contributed by atoms with Gasteiger partial charge in [-0.15, -0.1) is 0 Å². The van der Waals surface area contributed by atoms with Crippen LogP contribution < -0.4 is 4.90 Å². The summed E-state index contributed by atoms with van der Waals surface area (Å²) >= 11 is 3.45. The number of anilines is 1. The van der Waals surface area contributed by atoms with Crippen molar-refractivity contribution in [3.05, 3.63) is 28.2 Å². The molecule has 0 fully saturated rings. The van der Waals surface area contributed by atoms with Crippen molar-refractivity contribution in [2.45, 2.75) is 20.0 Å². The molecule has 4 heteroatoms. The van der Waals surface area contributed by atoms with Crippen LogP contribution in [0.2, 0.25) is 0 Å². The zero-order valence-corrected chi connectivity index (χ0v) is 13.1. The van der Waals surface area contributed by atoms with Crippen LogP contribution in [-0.4, -0.2) is 43.7 Å². The minimum Gasteiger partial charge on any atom is -0.392 e. The van der Waals surface area contributed by atoms with Crippen molar-refractivity contribution < 1.29 is 5.11 Å². The van der Waals surface area contributed by atoms with E-state index in [4.69, 9.17) is 0 Å². The minimum absolute atomic E-state index is 0.0803. The minimum atomic E-state index is 0.0803. The largest absolute Gasteiger partial charge is 0.392 e. The molecule has 0 atom stereocenters. The topological polar surface area (TPSA) is 26.7 Å². The summed E-state index contributed by atoms with van der Waals surface area (Å²) in [5, 5.41) is 9.48. The van der Waals surface area contributed by atoms with Gasteiger partial charge in [0.15, 0.2) is 0 Å². The highest BCUT2D eigenvalue weighted by Crippen LogP contribution is 2.25. The highest BCUT2D eigenvalue weighted by Gasteiger charge is 2.10. The fourth-order valence-corrected chi connectivity index (χ4v) is 2.34. The van der Waals surface area contributed by atoms with E-state index in [-0.39, 0.29) is 6.61 Å². The van der Waals surface area contributed by atoms with Gasteiger partial charge in [-0.25, -0.2) is 0 Å². The average Bonchev–Trinajstić information content (AvgIpc) is 2.34. The van der Waals surface area contributed by atoms with Crippen LogP contribution in [0, 0.1) is 0 Å². The van der Waals surface area contributed by atoms with Crippen LogP contribution in [0.25, 0.3) is 0 Å². The van der Waals surface area contributed by atoms with Gasteiger partial charge in [0.2, 0.25) is 0 Å².